The van der Waals surface area contributed by atoms with E-state index in [1.165, 1.54) is 0 Å². The second-order valence-electron chi connectivity index (χ2n) is 2.85. The summed E-state index contributed by atoms with van der Waals surface area (Å²) in [5.74, 6) is -0.403. The van der Waals surface area contributed by atoms with Crippen molar-refractivity contribution in [1.29, 1.82) is 0 Å². The van der Waals surface area contributed by atoms with E-state index in [2.05, 4.69) is 0 Å². The molecule has 14 heavy (non-hydrogen) atoms. The topological polar surface area (TPSA) is 78.3 Å². The maximum absolute atomic E-state index is 11.4. The number of nitrogens with two attached hydrogens (primary N) is 2. The highest BCUT2D eigenvalue weighted by Crippen LogP contribution is 2.15. The van der Waals surface area contributed by atoms with Gasteiger partial charge in [0.15, 0.2) is 0 Å². The van der Waals surface area contributed by atoms with Gasteiger partial charge in [0, 0.05) is 12.2 Å². The Bertz CT molecular complexity index is 337. The zero-order valence-corrected chi connectivity index (χ0v) is 8.12. The van der Waals surface area contributed by atoms with Crippen molar-refractivity contribution in [3.05, 3.63) is 29.3 Å². The molecule has 0 heterocycles. The van der Waals surface area contributed by atoms with Crippen LogP contribution in [0.2, 0.25) is 0 Å². The Labute approximate surface area is 82.8 Å². The molecule has 4 heteroatoms. The Morgan fingerprint density at radius 2 is 2.21 bits per heavy atom. The van der Waals surface area contributed by atoms with Crippen molar-refractivity contribution in [3.8, 4) is 0 Å². The smallest absolute Gasteiger partial charge is 0.340 e. The fourth-order valence-corrected chi connectivity index (χ4v) is 1.12. The number of carbonyl (C=O) groups excluding carboxylic acids is 1. The number of nitrogen functional groups attached to an aromatic ring is 1. The Morgan fingerprint density at radius 1 is 1.50 bits per heavy atom. The Balaban J connectivity index is 2.99. The van der Waals surface area contributed by atoms with Crippen molar-refractivity contribution in [2.24, 2.45) is 5.73 Å². The molecule has 4 N–H and O–H groups in total. The van der Waals surface area contributed by atoms with Crippen LogP contribution in [0, 0.1) is 0 Å². The van der Waals surface area contributed by atoms with E-state index >= 15 is 0 Å². The Morgan fingerprint density at radius 3 is 2.79 bits per heavy atom. The van der Waals surface area contributed by atoms with Crippen LogP contribution in [0.5, 0.6) is 0 Å². The summed E-state index contributed by atoms with van der Waals surface area (Å²) in [5, 5.41) is 0. The molecule has 0 aliphatic rings. The van der Waals surface area contributed by atoms with Crippen LogP contribution in [0.4, 0.5) is 5.69 Å². The number of rotatable bonds is 3. The zero-order chi connectivity index (χ0) is 10.6. The largest absolute Gasteiger partial charge is 0.462 e. The molecule has 0 aromatic heterocycles. The number of hydrogen-bond acceptors (Lipinski definition) is 4. The van der Waals surface area contributed by atoms with Gasteiger partial charge < -0.3 is 16.2 Å². The van der Waals surface area contributed by atoms with Crippen molar-refractivity contribution in [2.75, 3.05) is 12.3 Å². The van der Waals surface area contributed by atoms with Gasteiger partial charge in [-0.3, -0.25) is 0 Å². The minimum Gasteiger partial charge on any atom is -0.462 e. The molecule has 0 aliphatic heterocycles. The van der Waals surface area contributed by atoms with Crippen molar-refractivity contribution in [1.82, 2.24) is 0 Å². The second-order valence-corrected chi connectivity index (χ2v) is 2.85. The summed E-state index contributed by atoms with van der Waals surface area (Å²) >= 11 is 0. The predicted octanol–water partition coefficient (Wildman–Crippen LogP) is 0.904. The van der Waals surface area contributed by atoms with Gasteiger partial charge in [0.25, 0.3) is 0 Å². The first-order valence-electron chi connectivity index (χ1n) is 4.44. The average molecular weight is 194 g/mol. The van der Waals surface area contributed by atoms with Crippen LogP contribution in [0.15, 0.2) is 18.2 Å². The van der Waals surface area contributed by atoms with Gasteiger partial charge in [0.1, 0.15) is 0 Å². The zero-order valence-electron chi connectivity index (χ0n) is 8.12. The quantitative estimate of drug-likeness (QED) is 0.553. The molecular formula is C10H14N2O2. The Hall–Kier alpha value is -1.55. The second kappa shape index (κ2) is 4.62. The highest BCUT2D eigenvalue weighted by molar-refractivity contribution is 5.95. The van der Waals surface area contributed by atoms with E-state index in [0.29, 0.717) is 24.4 Å². The van der Waals surface area contributed by atoms with E-state index in [-0.39, 0.29) is 0 Å². The minimum atomic E-state index is -0.403. The summed E-state index contributed by atoms with van der Waals surface area (Å²) in [6.07, 6.45) is 0. The molecule has 0 unspecified atom stereocenters. The van der Waals surface area contributed by atoms with Gasteiger partial charge >= 0.3 is 5.97 Å². The van der Waals surface area contributed by atoms with Crippen LogP contribution < -0.4 is 11.5 Å². The molecule has 0 saturated carbocycles. The summed E-state index contributed by atoms with van der Waals surface area (Å²) in [4.78, 5) is 11.4. The van der Waals surface area contributed by atoms with Gasteiger partial charge in [0.05, 0.1) is 12.2 Å². The average Bonchev–Trinajstić information content (AvgIpc) is 2.19. The van der Waals surface area contributed by atoms with Gasteiger partial charge in [-0.05, 0) is 24.6 Å². The molecule has 0 aliphatic carbocycles. The lowest BCUT2D eigenvalue weighted by Crippen LogP contribution is -2.09. The van der Waals surface area contributed by atoms with Crippen molar-refractivity contribution in [3.63, 3.8) is 0 Å². The fourth-order valence-electron chi connectivity index (χ4n) is 1.12. The molecule has 0 saturated heterocycles. The van der Waals surface area contributed by atoms with Gasteiger partial charge in [-0.25, -0.2) is 4.79 Å². The first-order chi connectivity index (χ1) is 6.69. The SMILES string of the molecule is CCOC(=O)c1cc(CN)ccc1N. The molecule has 0 spiro atoms. The number of esters is 1. The molecule has 1 rings (SSSR count). The van der Waals surface area contributed by atoms with Crippen LogP contribution in [-0.4, -0.2) is 12.6 Å². The molecule has 1 aromatic carbocycles. The predicted molar refractivity (Wildman–Crippen MR) is 54.7 cm³/mol. The van der Waals surface area contributed by atoms with Crippen LogP contribution in [0.1, 0.15) is 22.8 Å². The van der Waals surface area contributed by atoms with Crippen LogP contribution in [-0.2, 0) is 11.3 Å². The lowest BCUT2D eigenvalue weighted by atomic mass is 10.1. The molecule has 0 fully saturated rings. The van der Waals surface area contributed by atoms with Gasteiger partial charge in [0.2, 0.25) is 0 Å². The highest BCUT2D eigenvalue weighted by atomic mass is 16.5. The van der Waals surface area contributed by atoms with E-state index in [1.807, 2.05) is 0 Å². The third-order valence-electron chi connectivity index (χ3n) is 1.85. The molecule has 0 bridgehead atoms. The first kappa shape index (κ1) is 10.5. The Kier molecular flexibility index (Phi) is 3.48. The maximum atomic E-state index is 11.4. The van der Waals surface area contributed by atoms with Crippen LogP contribution in [0.3, 0.4) is 0 Å². The monoisotopic (exact) mass is 194 g/mol. The summed E-state index contributed by atoms with van der Waals surface area (Å²) in [6, 6.07) is 5.11. The van der Waals surface area contributed by atoms with E-state index in [9.17, 15) is 4.79 Å². The van der Waals surface area contributed by atoms with E-state index in [0.717, 1.165) is 5.56 Å². The molecular weight excluding hydrogens is 180 g/mol. The third kappa shape index (κ3) is 2.23. The lowest BCUT2D eigenvalue weighted by molar-refractivity contribution is 0.0527. The number of carbonyl (C=O) groups is 1. The van der Waals surface area contributed by atoms with E-state index in [4.69, 9.17) is 16.2 Å². The maximum Gasteiger partial charge on any atom is 0.340 e. The molecule has 0 radical (unpaired) electrons. The summed E-state index contributed by atoms with van der Waals surface area (Å²) in [6.45, 7) is 2.47. The van der Waals surface area contributed by atoms with E-state index < -0.39 is 5.97 Å². The molecule has 76 valence electrons. The molecule has 0 amide bonds. The van der Waals surface area contributed by atoms with Crippen molar-refractivity contribution < 1.29 is 9.53 Å². The standard InChI is InChI=1S/C10H14N2O2/c1-2-14-10(13)8-5-7(6-11)3-4-9(8)12/h3-5H,2,6,11-12H2,1H3. The number of anilines is 1. The van der Waals surface area contributed by atoms with Crippen molar-refractivity contribution in [2.45, 2.75) is 13.5 Å². The van der Waals surface area contributed by atoms with E-state index in [1.54, 1.807) is 25.1 Å². The van der Waals surface area contributed by atoms with Crippen LogP contribution in [0.25, 0.3) is 0 Å². The summed E-state index contributed by atoms with van der Waals surface area (Å²) in [5.41, 5.74) is 12.7. The number of ether oxygens (including phenoxy) is 1. The molecule has 0 atom stereocenters. The number of benzene rings is 1. The summed E-state index contributed by atoms with van der Waals surface area (Å²) in [7, 11) is 0. The number of hydrogen-bond donors (Lipinski definition) is 2. The first-order valence-corrected chi connectivity index (χ1v) is 4.44. The van der Waals surface area contributed by atoms with Gasteiger partial charge in [-0.15, -0.1) is 0 Å². The highest BCUT2D eigenvalue weighted by Gasteiger charge is 2.10. The lowest BCUT2D eigenvalue weighted by Gasteiger charge is -2.06. The molecule has 4 nitrogen and oxygen atoms in total. The van der Waals surface area contributed by atoms with Crippen LogP contribution >= 0.6 is 0 Å². The minimum absolute atomic E-state index is 0.338. The normalized spacial score (nSPS) is 9.86. The molecule has 1 aromatic rings. The summed E-state index contributed by atoms with van der Waals surface area (Å²) < 4.78 is 4.85. The third-order valence-corrected chi connectivity index (χ3v) is 1.85. The van der Waals surface area contributed by atoms with Gasteiger partial charge in [-0.1, -0.05) is 6.07 Å². The van der Waals surface area contributed by atoms with Crippen molar-refractivity contribution >= 4 is 11.7 Å². The van der Waals surface area contributed by atoms with Gasteiger partial charge in [-0.2, -0.15) is 0 Å². The fraction of sp³-hybridized carbons (Fsp3) is 0.300.